The number of amides is 2. The van der Waals surface area contributed by atoms with Crippen molar-refractivity contribution in [1.29, 1.82) is 0 Å². The Kier molecular flexibility index (Phi) is 5.28. The molecule has 0 unspecified atom stereocenters. The summed E-state index contributed by atoms with van der Waals surface area (Å²) in [6.07, 6.45) is 0. The van der Waals surface area contributed by atoms with Gasteiger partial charge in [0.25, 0.3) is 5.91 Å². The molecule has 7 heteroatoms. The molecule has 0 atom stereocenters. The van der Waals surface area contributed by atoms with Crippen LogP contribution in [0.5, 0.6) is 0 Å². The molecule has 1 N–H and O–H groups in total. The van der Waals surface area contributed by atoms with Crippen molar-refractivity contribution in [1.82, 2.24) is 4.90 Å². The summed E-state index contributed by atoms with van der Waals surface area (Å²) in [6.45, 7) is -0.318. The lowest BCUT2D eigenvalue weighted by molar-refractivity contribution is -0.116. The van der Waals surface area contributed by atoms with Gasteiger partial charge in [0.2, 0.25) is 5.91 Å². The molecular weight excluding hydrogens is 326 g/mol. The summed E-state index contributed by atoms with van der Waals surface area (Å²) < 4.78 is 26.7. The average Bonchev–Trinajstić information content (AvgIpc) is 2.48. The predicted octanol–water partition coefficient (Wildman–Crippen LogP) is 3.33. The van der Waals surface area contributed by atoms with Crippen molar-refractivity contribution in [3.05, 3.63) is 64.7 Å². The molecule has 0 aliphatic carbocycles. The van der Waals surface area contributed by atoms with E-state index in [1.54, 1.807) is 0 Å². The van der Waals surface area contributed by atoms with Crippen LogP contribution in [0.2, 0.25) is 5.02 Å². The van der Waals surface area contributed by atoms with Crippen molar-refractivity contribution in [2.24, 2.45) is 0 Å². The van der Waals surface area contributed by atoms with Gasteiger partial charge in [-0.2, -0.15) is 0 Å². The van der Waals surface area contributed by atoms with Gasteiger partial charge in [0, 0.05) is 17.8 Å². The number of carbonyl (C=O) groups is 2. The maximum absolute atomic E-state index is 13.7. The second-order valence-electron chi connectivity index (χ2n) is 4.84. The van der Waals surface area contributed by atoms with E-state index in [0.717, 1.165) is 17.0 Å². The molecule has 0 saturated carbocycles. The van der Waals surface area contributed by atoms with Gasteiger partial charge in [-0.1, -0.05) is 17.7 Å². The fourth-order valence-electron chi connectivity index (χ4n) is 1.92. The van der Waals surface area contributed by atoms with E-state index < -0.39 is 23.4 Å². The molecule has 0 saturated heterocycles. The van der Waals surface area contributed by atoms with Crippen molar-refractivity contribution in [2.75, 3.05) is 18.9 Å². The van der Waals surface area contributed by atoms with Crippen LogP contribution in [-0.2, 0) is 4.79 Å². The summed E-state index contributed by atoms with van der Waals surface area (Å²) in [7, 11) is 1.35. The van der Waals surface area contributed by atoms with E-state index in [1.807, 2.05) is 0 Å². The maximum atomic E-state index is 13.7. The van der Waals surface area contributed by atoms with Crippen molar-refractivity contribution >= 4 is 29.1 Å². The first-order chi connectivity index (χ1) is 10.9. The third-order valence-electron chi connectivity index (χ3n) is 2.99. The summed E-state index contributed by atoms with van der Waals surface area (Å²) >= 11 is 5.74. The number of benzene rings is 2. The fraction of sp³-hybridized carbons (Fsp3) is 0.125. The van der Waals surface area contributed by atoms with Crippen LogP contribution in [0.15, 0.2) is 42.5 Å². The number of carbonyl (C=O) groups excluding carboxylic acids is 2. The number of nitrogens with zero attached hydrogens (tertiary/aromatic N) is 1. The highest BCUT2D eigenvalue weighted by molar-refractivity contribution is 6.31. The summed E-state index contributed by atoms with van der Waals surface area (Å²) in [5.74, 6) is -2.43. The van der Waals surface area contributed by atoms with Crippen LogP contribution in [0.4, 0.5) is 14.5 Å². The highest BCUT2D eigenvalue weighted by atomic mass is 35.5. The van der Waals surface area contributed by atoms with Crippen LogP contribution in [0.25, 0.3) is 0 Å². The number of hydrogen-bond acceptors (Lipinski definition) is 2. The maximum Gasteiger partial charge on any atom is 0.257 e. The first kappa shape index (κ1) is 16.9. The van der Waals surface area contributed by atoms with E-state index in [2.05, 4.69) is 5.32 Å². The number of rotatable bonds is 4. The van der Waals surface area contributed by atoms with Crippen molar-refractivity contribution < 1.29 is 18.4 Å². The van der Waals surface area contributed by atoms with Gasteiger partial charge >= 0.3 is 0 Å². The van der Waals surface area contributed by atoms with Gasteiger partial charge in [-0.15, -0.1) is 0 Å². The molecule has 0 bridgehead atoms. The zero-order chi connectivity index (χ0) is 17.0. The van der Waals surface area contributed by atoms with E-state index in [4.69, 9.17) is 11.6 Å². The van der Waals surface area contributed by atoms with E-state index >= 15 is 0 Å². The molecule has 0 radical (unpaired) electrons. The number of anilines is 1. The van der Waals surface area contributed by atoms with Crippen LogP contribution in [-0.4, -0.2) is 30.3 Å². The Morgan fingerprint density at radius 2 is 1.91 bits per heavy atom. The van der Waals surface area contributed by atoms with Crippen LogP contribution >= 0.6 is 11.6 Å². The quantitative estimate of drug-likeness (QED) is 0.929. The standard InChI is InChI=1S/C16H13ClF2N2O2/c1-21(16(23)13-7-10(17)5-6-14(13)19)9-15(22)20-12-4-2-3-11(18)8-12/h2-8H,9H2,1H3,(H,20,22). The fourth-order valence-corrected chi connectivity index (χ4v) is 2.09. The predicted molar refractivity (Wildman–Crippen MR) is 83.4 cm³/mol. The summed E-state index contributed by atoms with van der Waals surface area (Å²) in [4.78, 5) is 25.1. The van der Waals surface area contributed by atoms with Gasteiger partial charge in [-0.05, 0) is 36.4 Å². The van der Waals surface area contributed by atoms with E-state index in [-0.39, 0.29) is 22.8 Å². The molecule has 0 heterocycles. The van der Waals surface area contributed by atoms with Gasteiger partial charge in [0.1, 0.15) is 11.6 Å². The van der Waals surface area contributed by atoms with E-state index in [9.17, 15) is 18.4 Å². The summed E-state index contributed by atoms with van der Waals surface area (Å²) in [5.41, 5.74) is 0.0448. The molecule has 0 aliphatic rings. The monoisotopic (exact) mass is 338 g/mol. The van der Waals surface area contributed by atoms with Crippen molar-refractivity contribution in [3.63, 3.8) is 0 Å². The molecule has 0 spiro atoms. The molecule has 2 aromatic carbocycles. The normalized spacial score (nSPS) is 10.3. The highest BCUT2D eigenvalue weighted by Crippen LogP contribution is 2.16. The lowest BCUT2D eigenvalue weighted by Gasteiger charge is -2.17. The Morgan fingerprint density at radius 3 is 2.61 bits per heavy atom. The molecular formula is C16H13ClF2N2O2. The van der Waals surface area contributed by atoms with Crippen LogP contribution < -0.4 is 5.32 Å². The van der Waals surface area contributed by atoms with Gasteiger partial charge < -0.3 is 10.2 Å². The molecule has 2 aromatic rings. The van der Waals surface area contributed by atoms with Crippen molar-refractivity contribution in [2.45, 2.75) is 0 Å². The Bertz CT molecular complexity index is 753. The van der Waals surface area contributed by atoms with Crippen LogP contribution in [0.3, 0.4) is 0 Å². The SMILES string of the molecule is CN(CC(=O)Nc1cccc(F)c1)C(=O)c1cc(Cl)ccc1F. The van der Waals surface area contributed by atoms with Crippen molar-refractivity contribution in [3.8, 4) is 0 Å². The second-order valence-corrected chi connectivity index (χ2v) is 5.28. The lowest BCUT2D eigenvalue weighted by atomic mass is 10.2. The molecule has 23 heavy (non-hydrogen) atoms. The first-order valence-corrected chi connectivity index (χ1v) is 7.00. The van der Waals surface area contributed by atoms with Gasteiger partial charge in [-0.3, -0.25) is 9.59 Å². The molecule has 0 fully saturated rings. The first-order valence-electron chi connectivity index (χ1n) is 6.63. The van der Waals surface area contributed by atoms with Gasteiger partial charge in [-0.25, -0.2) is 8.78 Å². The summed E-state index contributed by atoms with van der Waals surface area (Å²) in [6, 6.07) is 8.95. The van der Waals surface area contributed by atoms with Gasteiger partial charge in [0.15, 0.2) is 0 Å². The number of nitrogens with one attached hydrogen (secondary N) is 1. The topological polar surface area (TPSA) is 49.4 Å². The largest absolute Gasteiger partial charge is 0.332 e. The van der Waals surface area contributed by atoms with Gasteiger partial charge in [0.05, 0.1) is 12.1 Å². The summed E-state index contributed by atoms with van der Waals surface area (Å²) in [5, 5.41) is 2.67. The minimum absolute atomic E-state index is 0.215. The number of likely N-dealkylation sites (N-methyl/N-ethyl adjacent to an activating group) is 1. The Hall–Kier alpha value is -2.47. The molecule has 2 rings (SSSR count). The third-order valence-corrected chi connectivity index (χ3v) is 3.23. The average molecular weight is 339 g/mol. The van der Waals surface area contributed by atoms with E-state index in [0.29, 0.717) is 0 Å². The Labute approximate surface area is 136 Å². The molecule has 0 aliphatic heterocycles. The lowest BCUT2D eigenvalue weighted by Crippen LogP contribution is -2.35. The molecule has 0 aromatic heterocycles. The molecule has 120 valence electrons. The second kappa shape index (κ2) is 7.19. The number of hydrogen-bond donors (Lipinski definition) is 1. The number of halogens is 3. The smallest absolute Gasteiger partial charge is 0.257 e. The molecule has 4 nitrogen and oxygen atoms in total. The van der Waals surface area contributed by atoms with Crippen LogP contribution in [0, 0.1) is 11.6 Å². The third kappa shape index (κ3) is 4.50. The minimum atomic E-state index is -0.725. The highest BCUT2D eigenvalue weighted by Gasteiger charge is 2.19. The Balaban J connectivity index is 2.03. The zero-order valence-corrected chi connectivity index (χ0v) is 12.9. The van der Waals surface area contributed by atoms with E-state index in [1.165, 1.54) is 37.4 Å². The molecule has 2 amide bonds. The minimum Gasteiger partial charge on any atom is -0.332 e. The van der Waals surface area contributed by atoms with Crippen LogP contribution in [0.1, 0.15) is 10.4 Å². The zero-order valence-electron chi connectivity index (χ0n) is 12.1. The Morgan fingerprint density at radius 1 is 1.17 bits per heavy atom.